The van der Waals surface area contributed by atoms with E-state index in [-0.39, 0.29) is 0 Å². The lowest BCUT2D eigenvalue weighted by molar-refractivity contribution is 0.455. The zero-order chi connectivity index (χ0) is 12.8. The third-order valence-corrected chi connectivity index (χ3v) is 6.05. The van der Waals surface area contributed by atoms with Crippen LogP contribution in [-0.2, 0) is 19.9 Å². The van der Waals surface area contributed by atoms with Crippen molar-refractivity contribution in [2.24, 2.45) is 5.73 Å². The van der Waals surface area contributed by atoms with E-state index < -0.39 is 24.9 Å². The van der Waals surface area contributed by atoms with E-state index in [1.54, 1.807) is 0 Å². The maximum absolute atomic E-state index is 11.5. The SMILES string of the molecule is CN(CCCCCN)S(=O)(=O)CS(C)(=O)=O. The molecule has 0 heterocycles. The molecule has 16 heavy (non-hydrogen) atoms. The molecule has 0 aliphatic rings. The summed E-state index contributed by atoms with van der Waals surface area (Å²) < 4.78 is 46.0. The predicted octanol–water partition coefficient (Wildman–Crippen LogP) is -0.621. The van der Waals surface area contributed by atoms with Gasteiger partial charge in [-0.25, -0.2) is 21.1 Å². The van der Waals surface area contributed by atoms with Gasteiger partial charge in [0.2, 0.25) is 10.0 Å². The molecule has 0 fully saturated rings. The fourth-order valence-electron chi connectivity index (χ4n) is 1.16. The van der Waals surface area contributed by atoms with Gasteiger partial charge < -0.3 is 5.73 Å². The maximum Gasteiger partial charge on any atom is 0.228 e. The van der Waals surface area contributed by atoms with Gasteiger partial charge in [-0.05, 0) is 19.4 Å². The fourth-order valence-corrected chi connectivity index (χ4v) is 4.45. The van der Waals surface area contributed by atoms with Gasteiger partial charge in [0.15, 0.2) is 14.9 Å². The number of nitrogens with zero attached hydrogens (tertiary/aromatic N) is 1. The molecule has 0 unspecified atom stereocenters. The first kappa shape index (κ1) is 15.8. The highest BCUT2D eigenvalue weighted by molar-refractivity contribution is 8.06. The molecule has 6 nitrogen and oxygen atoms in total. The summed E-state index contributed by atoms with van der Waals surface area (Å²) in [6, 6.07) is 0. The molecule has 0 atom stereocenters. The monoisotopic (exact) mass is 272 g/mol. The molecule has 98 valence electrons. The summed E-state index contributed by atoms with van der Waals surface area (Å²) in [4.78, 5) is 0. The molecule has 0 aromatic rings. The average molecular weight is 272 g/mol. The van der Waals surface area contributed by atoms with E-state index in [1.165, 1.54) is 7.05 Å². The van der Waals surface area contributed by atoms with Gasteiger partial charge >= 0.3 is 0 Å². The first-order valence-electron chi connectivity index (χ1n) is 5.01. The molecule has 0 radical (unpaired) electrons. The van der Waals surface area contributed by atoms with E-state index >= 15 is 0 Å². The first-order valence-corrected chi connectivity index (χ1v) is 8.68. The Morgan fingerprint density at radius 1 is 1.06 bits per heavy atom. The number of sulfone groups is 1. The second-order valence-electron chi connectivity index (χ2n) is 3.83. The summed E-state index contributed by atoms with van der Waals surface area (Å²) in [5.41, 5.74) is 5.30. The quantitative estimate of drug-likeness (QED) is 0.594. The van der Waals surface area contributed by atoms with Crippen LogP contribution < -0.4 is 5.73 Å². The molecular weight excluding hydrogens is 252 g/mol. The largest absolute Gasteiger partial charge is 0.330 e. The molecule has 0 bridgehead atoms. The number of unbranched alkanes of at least 4 members (excludes halogenated alkanes) is 2. The Balaban J connectivity index is 4.21. The molecule has 0 rings (SSSR count). The van der Waals surface area contributed by atoms with Gasteiger partial charge in [0.25, 0.3) is 0 Å². The van der Waals surface area contributed by atoms with Crippen LogP contribution in [-0.4, -0.2) is 52.6 Å². The zero-order valence-electron chi connectivity index (χ0n) is 9.72. The van der Waals surface area contributed by atoms with Crippen LogP contribution in [0.3, 0.4) is 0 Å². The van der Waals surface area contributed by atoms with E-state index in [9.17, 15) is 16.8 Å². The standard InChI is InChI=1S/C8H20N2O4S2/c1-10(7-5-3-4-6-9)16(13,14)8-15(2,11)12/h3-9H2,1-2H3. The lowest BCUT2D eigenvalue weighted by Gasteiger charge is -2.16. The van der Waals surface area contributed by atoms with Crippen molar-refractivity contribution in [3.63, 3.8) is 0 Å². The van der Waals surface area contributed by atoms with Gasteiger partial charge in [-0.15, -0.1) is 0 Å². The minimum atomic E-state index is -3.69. The average Bonchev–Trinajstić information content (AvgIpc) is 2.08. The van der Waals surface area contributed by atoms with Crippen LogP contribution in [0.25, 0.3) is 0 Å². The highest BCUT2D eigenvalue weighted by atomic mass is 32.3. The number of hydrogen-bond donors (Lipinski definition) is 1. The second-order valence-corrected chi connectivity index (χ2v) is 8.41. The van der Waals surface area contributed by atoms with Crippen LogP contribution in [0.5, 0.6) is 0 Å². The minimum absolute atomic E-state index is 0.331. The predicted molar refractivity (Wildman–Crippen MR) is 64.2 cm³/mol. The van der Waals surface area contributed by atoms with Gasteiger partial charge in [-0.2, -0.15) is 0 Å². The minimum Gasteiger partial charge on any atom is -0.330 e. The van der Waals surface area contributed by atoms with Crippen molar-refractivity contribution >= 4 is 19.9 Å². The summed E-state index contributed by atoms with van der Waals surface area (Å²) in [6.07, 6.45) is 3.29. The van der Waals surface area contributed by atoms with E-state index in [1.807, 2.05) is 0 Å². The molecule has 0 saturated heterocycles. The molecule has 2 N–H and O–H groups in total. The lowest BCUT2D eigenvalue weighted by Crippen LogP contribution is -2.32. The number of sulfonamides is 1. The Bertz CT molecular complexity index is 388. The summed E-state index contributed by atoms with van der Waals surface area (Å²) >= 11 is 0. The van der Waals surface area contributed by atoms with Crippen LogP contribution in [0.2, 0.25) is 0 Å². The molecular formula is C8H20N2O4S2. The Morgan fingerprint density at radius 3 is 2.06 bits per heavy atom. The molecule has 0 amide bonds. The Hall–Kier alpha value is -0.180. The Labute approximate surface area is 97.8 Å². The summed E-state index contributed by atoms with van der Waals surface area (Å²) in [7, 11) is -5.81. The number of rotatable bonds is 8. The number of nitrogens with two attached hydrogens (primary N) is 1. The maximum atomic E-state index is 11.5. The summed E-state index contributed by atoms with van der Waals surface area (Å²) in [5, 5.41) is -0.826. The second kappa shape index (κ2) is 6.53. The Kier molecular flexibility index (Phi) is 6.46. The smallest absolute Gasteiger partial charge is 0.228 e. The topological polar surface area (TPSA) is 97.5 Å². The van der Waals surface area contributed by atoms with Gasteiger partial charge in [-0.3, -0.25) is 0 Å². The summed E-state index contributed by atoms with van der Waals surface area (Å²) in [5.74, 6) is 0. The van der Waals surface area contributed by atoms with Crippen LogP contribution >= 0.6 is 0 Å². The molecule has 0 aromatic carbocycles. The van der Waals surface area contributed by atoms with Gasteiger partial charge in [0.1, 0.15) is 0 Å². The summed E-state index contributed by atoms with van der Waals surface area (Å²) in [6.45, 7) is 0.914. The van der Waals surface area contributed by atoms with Crippen molar-refractivity contribution in [3.05, 3.63) is 0 Å². The molecule has 0 saturated carbocycles. The van der Waals surface area contributed by atoms with Crippen LogP contribution in [0, 0.1) is 0 Å². The van der Waals surface area contributed by atoms with Crippen molar-refractivity contribution in [2.45, 2.75) is 19.3 Å². The van der Waals surface area contributed by atoms with Crippen molar-refractivity contribution in [2.75, 3.05) is 31.5 Å². The zero-order valence-corrected chi connectivity index (χ0v) is 11.3. The highest BCUT2D eigenvalue weighted by Crippen LogP contribution is 2.04. The van der Waals surface area contributed by atoms with E-state index in [0.717, 1.165) is 23.4 Å². The molecule has 0 aliphatic heterocycles. The van der Waals surface area contributed by atoms with Crippen molar-refractivity contribution < 1.29 is 16.8 Å². The third-order valence-electron chi connectivity index (χ3n) is 2.02. The first-order chi connectivity index (χ1) is 7.19. The molecule has 0 aliphatic carbocycles. The molecule has 0 spiro atoms. The van der Waals surface area contributed by atoms with Crippen molar-refractivity contribution in [1.82, 2.24) is 4.31 Å². The van der Waals surface area contributed by atoms with Crippen LogP contribution in [0.1, 0.15) is 19.3 Å². The van der Waals surface area contributed by atoms with Crippen LogP contribution in [0.4, 0.5) is 0 Å². The van der Waals surface area contributed by atoms with Crippen molar-refractivity contribution in [3.8, 4) is 0 Å². The van der Waals surface area contributed by atoms with Gasteiger partial charge in [0, 0.05) is 19.8 Å². The molecule has 8 heteroatoms. The van der Waals surface area contributed by atoms with Gasteiger partial charge in [-0.1, -0.05) is 6.42 Å². The van der Waals surface area contributed by atoms with E-state index in [0.29, 0.717) is 19.5 Å². The third kappa shape index (κ3) is 7.15. The highest BCUT2D eigenvalue weighted by Gasteiger charge is 2.22. The van der Waals surface area contributed by atoms with E-state index in [2.05, 4.69) is 0 Å². The number of hydrogen-bond acceptors (Lipinski definition) is 5. The lowest BCUT2D eigenvalue weighted by atomic mass is 10.2. The van der Waals surface area contributed by atoms with Gasteiger partial charge in [0.05, 0.1) is 0 Å². The Morgan fingerprint density at radius 2 is 1.62 bits per heavy atom. The molecule has 0 aromatic heterocycles. The normalized spacial score (nSPS) is 13.2. The van der Waals surface area contributed by atoms with Crippen molar-refractivity contribution in [1.29, 1.82) is 0 Å². The van der Waals surface area contributed by atoms with Crippen LogP contribution in [0.15, 0.2) is 0 Å². The van der Waals surface area contributed by atoms with E-state index in [4.69, 9.17) is 5.73 Å². The fraction of sp³-hybridized carbons (Fsp3) is 1.00.